The van der Waals surface area contributed by atoms with Gasteiger partial charge in [-0.1, -0.05) is 48.5 Å². The molecule has 3 aromatic carbocycles. The zero-order valence-corrected chi connectivity index (χ0v) is 17.2. The van der Waals surface area contributed by atoms with Crippen molar-refractivity contribution in [2.24, 2.45) is 0 Å². The summed E-state index contributed by atoms with van der Waals surface area (Å²) >= 11 is 3.42. The van der Waals surface area contributed by atoms with Crippen molar-refractivity contribution in [2.75, 3.05) is 4.90 Å². The summed E-state index contributed by atoms with van der Waals surface area (Å²) in [5, 5.41) is 5.17. The lowest BCUT2D eigenvalue weighted by Crippen LogP contribution is -2.09. The maximum atomic E-state index is 4.48. The van der Waals surface area contributed by atoms with Crippen LogP contribution in [0.5, 0.6) is 0 Å². The molecule has 4 heteroatoms. The Balaban J connectivity index is 1.64. The first-order chi connectivity index (χ1) is 14.4. The minimum Gasteiger partial charge on any atom is -0.310 e. The smallest absolute Gasteiger partial charge is 0.123 e. The molecule has 2 aromatic heterocycles. The van der Waals surface area contributed by atoms with Crippen LogP contribution in [0.15, 0.2) is 108 Å². The van der Waals surface area contributed by atoms with Crippen molar-refractivity contribution >= 4 is 39.7 Å². The molecule has 0 atom stereocenters. The van der Waals surface area contributed by atoms with Gasteiger partial charge >= 0.3 is 0 Å². The molecule has 29 heavy (non-hydrogen) atoms. The second-order valence-electron chi connectivity index (χ2n) is 6.59. The number of nitrogens with zero attached hydrogens (tertiary/aromatic N) is 2. The fraction of sp³-hybridized carbons (Fsp3) is 0. The van der Waals surface area contributed by atoms with Crippen molar-refractivity contribution < 1.29 is 0 Å². The minimum atomic E-state index is 1.03. The third kappa shape index (κ3) is 3.73. The van der Waals surface area contributed by atoms with Gasteiger partial charge in [0.15, 0.2) is 0 Å². The van der Waals surface area contributed by atoms with E-state index in [1.54, 1.807) is 22.7 Å². The Bertz CT molecular complexity index is 1120. The van der Waals surface area contributed by atoms with Crippen LogP contribution in [-0.2, 0) is 0 Å². The van der Waals surface area contributed by atoms with E-state index in [4.69, 9.17) is 0 Å². The molecule has 0 radical (unpaired) electrons. The number of rotatable bonds is 5. The van der Waals surface area contributed by atoms with Crippen LogP contribution in [0.1, 0.15) is 0 Å². The highest BCUT2D eigenvalue weighted by atomic mass is 32.1. The molecule has 0 fully saturated rings. The molecule has 0 amide bonds. The van der Waals surface area contributed by atoms with E-state index in [1.165, 1.54) is 10.4 Å². The molecule has 2 nitrogen and oxygen atoms in total. The Morgan fingerprint density at radius 2 is 1.31 bits per heavy atom. The maximum Gasteiger partial charge on any atom is 0.123 e. The first-order valence-electron chi connectivity index (χ1n) is 9.37. The molecule has 0 saturated heterocycles. The van der Waals surface area contributed by atoms with Gasteiger partial charge < -0.3 is 4.90 Å². The Morgan fingerprint density at radius 3 is 2.00 bits per heavy atom. The minimum absolute atomic E-state index is 1.03. The summed E-state index contributed by atoms with van der Waals surface area (Å²) in [7, 11) is 0. The number of anilines is 3. The van der Waals surface area contributed by atoms with Crippen LogP contribution < -0.4 is 4.90 Å². The molecule has 0 N–H and O–H groups in total. The van der Waals surface area contributed by atoms with Gasteiger partial charge in [0.25, 0.3) is 0 Å². The van der Waals surface area contributed by atoms with Crippen molar-refractivity contribution in [3.63, 3.8) is 0 Å². The van der Waals surface area contributed by atoms with Crippen LogP contribution in [0.25, 0.3) is 21.0 Å². The molecule has 0 unspecified atom stereocenters. The number of benzene rings is 3. The largest absolute Gasteiger partial charge is 0.310 e. The second kappa shape index (κ2) is 8.03. The Hall–Kier alpha value is -3.21. The zero-order valence-electron chi connectivity index (χ0n) is 15.6. The van der Waals surface area contributed by atoms with Gasteiger partial charge in [0.1, 0.15) is 5.01 Å². The Morgan fingerprint density at radius 1 is 0.586 bits per heavy atom. The summed E-state index contributed by atoms with van der Waals surface area (Å²) in [5.41, 5.74) is 5.75. The van der Waals surface area contributed by atoms with Crippen LogP contribution in [0, 0.1) is 0 Å². The summed E-state index contributed by atoms with van der Waals surface area (Å²) < 4.78 is 0. The van der Waals surface area contributed by atoms with Gasteiger partial charge in [0, 0.05) is 39.1 Å². The van der Waals surface area contributed by atoms with Gasteiger partial charge in [0.2, 0.25) is 0 Å². The Labute approximate surface area is 178 Å². The van der Waals surface area contributed by atoms with Gasteiger partial charge in [-0.25, -0.2) is 4.98 Å². The van der Waals surface area contributed by atoms with Crippen molar-refractivity contribution in [1.29, 1.82) is 0 Å². The molecule has 0 aliphatic carbocycles. The molecule has 5 rings (SSSR count). The van der Waals surface area contributed by atoms with Crippen LogP contribution in [0.4, 0.5) is 17.1 Å². The molecule has 0 bridgehead atoms. The van der Waals surface area contributed by atoms with Crippen molar-refractivity contribution in [1.82, 2.24) is 4.98 Å². The van der Waals surface area contributed by atoms with E-state index >= 15 is 0 Å². The van der Waals surface area contributed by atoms with E-state index in [-0.39, 0.29) is 0 Å². The maximum absolute atomic E-state index is 4.48. The monoisotopic (exact) mass is 410 g/mol. The van der Waals surface area contributed by atoms with Crippen molar-refractivity contribution in [3.05, 3.63) is 108 Å². The summed E-state index contributed by atoms with van der Waals surface area (Å²) in [5.74, 6) is 0. The standard InChI is InChI=1S/C25H18N2S2/c1-2-9-21(10-3-1)27(22-11-4-7-19(17-22)24-13-6-15-28-24)23-12-5-8-20(18-23)25-26-14-16-29-25/h1-18H. The molecule has 140 valence electrons. The van der Waals surface area contributed by atoms with Crippen LogP contribution >= 0.6 is 22.7 Å². The highest BCUT2D eigenvalue weighted by molar-refractivity contribution is 7.13. The average Bonchev–Trinajstić information content (AvgIpc) is 3.50. The molecule has 2 heterocycles. The number of thiophene rings is 1. The first kappa shape index (κ1) is 17.9. The molecular weight excluding hydrogens is 392 g/mol. The molecule has 5 aromatic rings. The fourth-order valence-corrected chi connectivity index (χ4v) is 4.77. The van der Waals surface area contributed by atoms with E-state index in [0.29, 0.717) is 0 Å². The van der Waals surface area contributed by atoms with Crippen molar-refractivity contribution in [3.8, 4) is 21.0 Å². The number of thiazole rings is 1. The number of para-hydroxylation sites is 1. The second-order valence-corrected chi connectivity index (χ2v) is 8.43. The van der Waals surface area contributed by atoms with E-state index in [2.05, 4.69) is 106 Å². The summed E-state index contributed by atoms with van der Waals surface area (Å²) in [6.07, 6.45) is 1.85. The molecule has 0 saturated carbocycles. The van der Waals surface area contributed by atoms with Gasteiger partial charge in [-0.15, -0.1) is 22.7 Å². The Kier molecular flexibility index (Phi) is 4.95. The number of hydrogen-bond acceptors (Lipinski definition) is 4. The van der Waals surface area contributed by atoms with Crippen molar-refractivity contribution in [2.45, 2.75) is 0 Å². The zero-order chi connectivity index (χ0) is 19.5. The van der Waals surface area contributed by atoms with E-state index in [1.807, 2.05) is 11.6 Å². The number of aromatic nitrogens is 1. The summed E-state index contributed by atoms with van der Waals surface area (Å²) in [4.78, 5) is 8.06. The number of hydrogen-bond donors (Lipinski definition) is 0. The quantitative estimate of drug-likeness (QED) is 0.292. The predicted octanol–water partition coefficient (Wildman–Crippen LogP) is 8.01. The van der Waals surface area contributed by atoms with E-state index in [9.17, 15) is 0 Å². The van der Waals surface area contributed by atoms with Gasteiger partial charge in [-0.2, -0.15) is 0 Å². The van der Waals surface area contributed by atoms with E-state index < -0.39 is 0 Å². The fourth-order valence-electron chi connectivity index (χ4n) is 3.41. The summed E-state index contributed by atoms with van der Waals surface area (Å²) in [6.45, 7) is 0. The van der Waals surface area contributed by atoms with Crippen LogP contribution in [0.3, 0.4) is 0 Å². The highest BCUT2D eigenvalue weighted by Gasteiger charge is 2.14. The van der Waals surface area contributed by atoms with Gasteiger partial charge in [0.05, 0.1) is 0 Å². The third-order valence-corrected chi connectivity index (χ3v) is 6.45. The van der Waals surface area contributed by atoms with Gasteiger partial charge in [-0.05, 0) is 53.4 Å². The summed E-state index contributed by atoms with van der Waals surface area (Å²) in [6, 6.07) is 32.1. The lowest BCUT2D eigenvalue weighted by molar-refractivity contribution is 1.28. The highest BCUT2D eigenvalue weighted by Crippen LogP contribution is 2.38. The lowest BCUT2D eigenvalue weighted by atomic mass is 10.1. The van der Waals surface area contributed by atoms with Crippen LogP contribution in [0.2, 0.25) is 0 Å². The molecule has 0 aliphatic rings. The lowest BCUT2D eigenvalue weighted by Gasteiger charge is -2.26. The topological polar surface area (TPSA) is 16.1 Å². The normalized spacial score (nSPS) is 10.8. The SMILES string of the molecule is c1ccc(N(c2cccc(-c3cccs3)c2)c2cccc(-c3nccs3)c2)cc1. The first-order valence-corrected chi connectivity index (χ1v) is 11.1. The molecular formula is C25H18N2S2. The predicted molar refractivity (Wildman–Crippen MR) is 126 cm³/mol. The third-order valence-electron chi connectivity index (χ3n) is 4.71. The van der Waals surface area contributed by atoms with Crippen LogP contribution in [-0.4, -0.2) is 4.98 Å². The van der Waals surface area contributed by atoms with E-state index in [0.717, 1.165) is 27.6 Å². The average molecular weight is 411 g/mol. The molecule has 0 spiro atoms. The molecule has 0 aliphatic heterocycles. The van der Waals surface area contributed by atoms with Gasteiger partial charge in [-0.3, -0.25) is 0 Å².